The minimum absolute atomic E-state index is 0.0649. The van der Waals surface area contributed by atoms with Crippen molar-refractivity contribution >= 4 is 49.4 Å². The monoisotopic (exact) mass is 308 g/mol. The third-order valence-corrected chi connectivity index (χ3v) is 5.02. The Balaban J connectivity index is 2.08. The van der Waals surface area contributed by atoms with E-state index in [1.165, 1.54) is 35.5 Å². The number of hydrogen-bond acceptors (Lipinski definition) is 5. The van der Waals surface area contributed by atoms with Gasteiger partial charge in [-0.1, -0.05) is 6.07 Å². The molecule has 1 N–H and O–H groups in total. The van der Waals surface area contributed by atoms with Crippen LogP contribution in [0.2, 0.25) is 0 Å². The number of benzene rings is 1. The van der Waals surface area contributed by atoms with Crippen LogP contribution in [0.4, 0.5) is 4.39 Å². The molecule has 4 nitrogen and oxygen atoms in total. The number of nitrogens with zero attached hydrogens (tertiary/aromatic N) is 2. The molecule has 0 unspecified atom stereocenters. The molecular weight excluding hydrogens is 299 g/mol. The first kappa shape index (κ1) is 13.3. The first-order chi connectivity index (χ1) is 9.66. The summed E-state index contributed by atoms with van der Waals surface area (Å²) in [7, 11) is 0. The summed E-state index contributed by atoms with van der Waals surface area (Å²) in [4.78, 5) is 18.9. The second-order valence-corrected chi connectivity index (χ2v) is 6.20. The van der Waals surface area contributed by atoms with Gasteiger partial charge in [0, 0.05) is 10.5 Å². The summed E-state index contributed by atoms with van der Waals surface area (Å²) in [6.07, 6.45) is 1.46. The van der Waals surface area contributed by atoms with Crippen LogP contribution in [0, 0.1) is 5.82 Å². The van der Waals surface area contributed by atoms with E-state index in [1.807, 2.05) is 6.07 Å². The molecule has 0 spiro atoms. The van der Waals surface area contributed by atoms with Gasteiger partial charge in [-0.25, -0.2) is 14.4 Å². The number of carboxylic acids is 1. The number of thioether (sulfide) groups is 1. The zero-order valence-corrected chi connectivity index (χ0v) is 11.8. The molecule has 0 fully saturated rings. The standard InChI is InChI=1S/C13H9FN2O2S2/c14-7-2-1-3-8-10(7)11-12(20-8)13(16-6-15-11)19-5-4-9(17)18/h1-3,6H,4-5H2,(H,17,18). The Kier molecular flexibility index (Phi) is 3.54. The van der Waals surface area contributed by atoms with Gasteiger partial charge in [0.1, 0.15) is 17.2 Å². The lowest BCUT2D eigenvalue weighted by atomic mass is 10.2. The number of halogens is 1. The van der Waals surface area contributed by atoms with Gasteiger partial charge in [0.25, 0.3) is 0 Å². The molecule has 0 radical (unpaired) electrons. The SMILES string of the molecule is O=C(O)CCSc1ncnc2c1sc1cccc(F)c12. The van der Waals surface area contributed by atoms with Gasteiger partial charge < -0.3 is 5.11 Å². The Morgan fingerprint density at radius 1 is 1.40 bits per heavy atom. The maximum Gasteiger partial charge on any atom is 0.304 e. The first-order valence-electron chi connectivity index (χ1n) is 5.83. The number of thiophene rings is 1. The van der Waals surface area contributed by atoms with Crippen LogP contribution < -0.4 is 0 Å². The van der Waals surface area contributed by atoms with E-state index in [1.54, 1.807) is 6.07 Å². The van der Waals surface area contributed by atoms with Crippen molar-refractivity contribution in [2.24, 2.45) is 0 Å². The van der Waals surface area contributed by atoms with Gasteiger partial charge in [-0.05, 0) is 12.1 Å². The maximum atomic E-state index is 13.9. The van der Waals surface area contributed by atoms with Crippen molar-refractivity contribution in [3.8, 4) is 0 Å². The van der Waals surface area contributed by atoms with Gasteiger partial charge in [-0.15, -0.1) is 23.1 Å². The minimum atomic E-state index is -0.842. The molecule has 20 heavy (non-hydrogen) atoms. The summed E-state index contributed by atoms with van der Waals surface area (Å²) in [5.41, 5.74) is 0.593. The Morgan fingerprint density at radius 2 is 2.25 bits per heavy atom. The molecule has 1 aromatic carbocycles. The van der Waals surface area contributed by atoms with Gasteiger partial charge in [-0.2, -0.15) is 0 Å². The van der Waals surface area contributed by atoms with E-state index in [-0.39, 0.29) is 12.2 Å². The average Bonchev–Trinajstić information content (AvgIpc) is 2.79. The highest BCUT2D eigenvalue weighted by molar-refractivity contribution is 7.99. The lowest BCUT2D eigenvalue weighted by molar-refractivity contribution is -0.136. The van der Waals surface area contributed by atoms with Gasteiger partial charge in [0.15, 0.2) is 0 Å². The zero-order valence-electron chi connectivity index (χ0n) is 10.2. The molecule has 3 aromatic rings. The number of carboxylic acid groups (broad SMARTS) is 1. The van der Waals surface area contributed by atoms with E-state index >= 15 is 0 Å². The van der Waals surface area contributed by atoms with Crippen molar-refractivity contribution in [1.82, 2.24) is 9.97 Å². The van der Waals surface area contributed by atoms with E-state index in [2.05, 4.69) is 9.97 Å². The smallest absolute Gasteiger partial charge is 0.304 e. The largest absolute Gasteiger partial charge is 0.481 e. The van der Waals surface area contributed by atoms with Crippen molar-refractivity contribution in [2.45, 2.75) is 11.4 Å². The number of hydrogen-bond donors (Lipinski definition) is 1. The molecule has 7 heteroatoms. The quantitative estimate of drug-likeness (QED) is 0.590. The van der Waals surface area contributed by atoms with E-state index < -0.39 is 5.97 Å². The van der Waals surface area contributed by atoms with E-state index in [4.69, 9.17) is 5.11 Å². The fraction of sp³-hybridized carbons (Fsp3) is 0.154. The van der Waals surface area contributed by atoms with E-state index in [9.17, 15) is 9.18 Å². The topological polar surface area (TPSA) is 63.1 Å². The predicted molar refractivity (Wildman–Crippen MR) is 77.9 cm³/mol. The summed E-state index contributed by atoms with van der Waals surface area (Å²) < 4.78 is 15.5. The van der Waals surface area contributed by atoms with Crippen LogP contribution in [0.5, 0.6) is 0 Å². The van der Waals surface area contributed by atoms with Crippen molar-refractivity contribution in [2.75, 3.05) is 5.75 Å². The van der Waals surface area contributed by atoms with Crippen molar-refractivity contribution in [1.29, 1.82) is 0 Å². The molecular formula is C13H9FN2O2S2. The van der Waals surface area contributed by atoms with Crippen LogP contribution in [0.15, 0.2) is 29.6 Å². The molecule has 0 saturated carbocycles. The molecule has 0 amide bonds. The van der Waals surface area contributed by atoms with Gasteiger partial charge in [0.2, 0.25) is 0 Å². The highest BCUT2D eigenvalue weighted by atomic mass is 32.2. The Hall–Kier alpha value is -1.73. The highest BCUT2D eigenvalue weighted by Crippen LogP contribution is 2.38. The molecule has 0 bridgehead atoms. The molecule has 0 aliphatic carbocycles. The summed E-state index contributed by atoms with van der Waals surface area (Å²) >= 11 is 2.78. The van der Waals surface area contributed by atoms with Crippen LogP contribution in [0.1, 0.15) is 6.42 Å². The lowest BCUT2D eigenvalue weighted by Gasteiger charge is -1.99. The van der Waals surface area contributed by atoms with E-state index in [0.29, 0.717) is 21.7 Å². The van der Waals surface area contributed by atoms with Gasteiger partial charge >= 0.3 is 5.97 Å². The van der Waals surface area contributed by atoms with Crippen molar-refractivity contribution in [3.63, 3.8) is 0 Å². The second-order valence-electron chi connectivity index (χ2n) is 4.06. The fourth-order valence-electron chi connectivity index (χ4n) is 1.89. The summed E-state index contributed by atoms with van der Waals surface area (Å²) in [6, 6.07) is 4.92. The van der Waals surface area contributed by atoms with Crippen LogP contribution in [0.25, 0.3) is 20.3 Å². The maximum absolute atomic E-state index is 13.9. The van der Waals surface area contributed by atoms with Crippen LogP contribution in [0.3, 0.4) is 0 Å². The third-order valence-electron chi connectivity index (χ3n) is 2.75. The second kappa shape index (κ2) is 5.34. The molecule has 102 valence electrons. The van der Waals surface area contributed by atoms with Gasteiger partial charge in [0.05, 0.1) is 22.0 Å². The Labute approximate surface area is 121 Å². The average molecular weight is 308 g/mol. The number of rotatable bonds is 4. The normalized spacial score (nSPS) is 11.2. The molecule has 0 atom stereocenters. The molecule has 0 aliphatic heterocycles. The molecule has 0 saturated heterocycles. The zero-order chi connectivity index (χ0) is 14.1. The van der Waals surface area contributed by atoms with Crippen LogP contribution >= 0.6 is 23.1 Å². The number of carbonyl (C=O) groups is 1. The van der Waals surface area contributed by atoms with Crippen molar-refractivity contribution < 1.29 is 14.3 Å². The summed E-state index contributed by atoms with van der Waals surface area (Å²) in [6.45, 7) is 0. The molecule has 2 heterocycles. The highest BCUT2D eigenvalue weighted by Gasteiger charge is 2.14. The Bertz CT molecular complexity index is 804. The Morgan fingerprint density at radius 3 is 3.05 bits per heavy atom. The number of fused-ring (bicyclic) bond motifs is 3. The minimum Gasteiger partial charge on any atom is -0.481 e. The van der Waals surface area contributed by atoms with Gasteiger partial charge in [-0.3, -0.25) is 4.79 Å². The third kappa shape index (κ3) is 2.34. The number of aliphatic carboxylic acids is 1. The molecule has 0 aliphatic rings. The summed E-state index contributed by atoms with van der Waals surface area (Å²) in [5.74, 6) is -0.711. The first-order valence-corrected chi connectivity index (χ1v) is 7.63. The van der Waals surface area contributed by atoms with Crippen molar-refractivity contribution in [3.05, 3.63) is 30.3 Å². The number of aromatic nitrogens is 2. The molecule has 3 rings (SSSR count). The fourth-order valence-corrected chi connectivity index (χ4v) is 4.07. The van der Waals surface area contributed by atoms with Crippen LogP contribution in [-0.2, 0) is 4.79 Å². The molecule has 2 aromatic heterocycles. The van der Waals surface area contributed by atoms with E-state index in [0.717, 1.165) is 9.40 Å². The predicted octanol–water partition coefficient (Wildman–Crippen LogP) is 3.55. The lowest BCUT2D eigenvalue weighted by Crippen LogP contribution is -1.96. The van der Waals surface area contributed by atoms with Crippen LogP contribution in [-0.4, -0.2) is 26.8 Å². The summed E-state index contributed by atoms with van der Waals surface area (Å²) in [5, 5.41) is 9.88.